The van der Waals surface area contributed by atoms with Crippen molar-refractivity contribution in [1.82, 2.24) is 18.9 Å². The lowest BCUT2D eigenvalue weighted by atomic mass is 10.1. The van der Waals surface area contributed by atoms with Crippen molar-refractivity contribution in [3.05, 3.63) is 93.4 Å². The standard InChI is InChI=1S/C19H13FN4O3.ClH/c20-13-3-1-2-12(8-13)9-24-7-6-23-10-14(15-4-5-21-11-22-15)17(25)18(26)16(23)19(24)27;/h1-8,10-11,26H,9H2;1H. The lowest BCUT2D eigenvalue weighted by molar-refractivity contribution is 0.472. The van der Waals surface area contributed by atoms with Gasteiger partial charge in [-0.05, 0) is 23.8 Å². The SMILES string of the molecule is Cl.O=c1c(-c2ccncn2)cn2ccn(Cc3cccc(F)c3)c(=O)c2c1O. The molecule has 4 rings (SSSR count). The van der Waals surface area contributed by atoms with E-state index >= 15 is 0 Å². The number of halogens is 2. The lowest BCUT2D eigenvalue weighted by Gasteiger charge is -2.11. The van der Waals surface area contributed by atoms with E-state index in [2.05, 4.69) is 9.97 Å². The predicted molar refractivity (Wildman–Crippen MR) is 103 cm³/mol. The third-order valence-electron chi connectivity index (χ3n) is 4.18. The van der Waals surface area contributed by atoms with Crippen LogP contribution in [0.15, 0.2) is 71.0 Å². The van der Waals surface area contributed by atoms with Gasteiger partial charge in [0.2, 0.25) is 5.43 Å². The fraction of sp³-hybridized carbons (Fsp3) is 0.0526. The zero-order valence-electron chi connectivity index (χ0n) is 14.3. The van der Waals surface area contributed by atoms with Crippen LogP contribution in [0.25, 0.3) is 16.8 Å². The molecule has 28 heavy (non-hydrogen) atoms. The Morgan fingerprint density at radius 3 is 2.68 bits per heavy atom. The normalized spacial score (nSPS) is 10.6. The summed E-state index contributed by atoms with van der Waals surface area (Å²) in [5.74, 6) is -1.07. The van der Waals surface area contributed by atoms with Gasteiger partial charge in [-0.2, -0.15) is 0 Å². The highest BCUT2D eigenvalue weighted by atomic mass is 35.5. The molecular formula is C19H14ClFN4O3. The van der Waals surface area contributed by atoms with E-state index in [0.29, 0.717) is 11.3 Å². The van der Waals surface area contributed by atoms with Crippen molar-refractivity contribution in [2.45, 2.75) is 6.54 Å². The first-order valence-electron chi connectivity index (χ1n) is 8.03. The molecule has 0 aliphatic heterocycles. The van der Waals surface area contributed by atoms with Gasteiger partial charge in [-0.3, -0.25) is 9.59 Å². The number of pyridine rings is 1. The van der Waals surface area contributed by atoms with Crippen LogP contribution in [0.4, 0.5) is 4.39 Å². The molecule has 0 atom stereocenters. The summed E-state index contributed by atoms with van der Waals surface area (Å²) in [6.45, 7) is 0.106. The first kappa shape index (κ1) is 19.2. The number of fused-ring (bicyclic) bond motifs is 1. The van der Waals surface area contributed by atoms with E-state index in [4.69, 9.17) is 0 Å². The minimum atomic E-state index is -0.700. The van der Waals surface area contributed by atoms with E-state index in [0.717, 1.165) is 0 Å². The summed E-state index contributed by atoms with van der Waals surface area (Å²) < 4.78 is 16.0. The van der Waals surface area contributed by atoms with Crippen molar-refractivity contribution in [2.75, 3.05) is 0 Å². The molecule has 0 saturated carbocycles. The Kier molecular flexibility index (Phi) is 5.23. The highest BCUT2D eigenvalue weighted by Gasteiger charge is 2.16. The third-order valence-corrected chi connectivity index (χ3v) is 4.18. The monoisotopic (exact) mass is 400 g/mol. The van der Waals surface area contributed by atoms with Crippen LogP contribution in [-0.4, -0.2) is 24.0 Å². The van der Waals surface area contributed by atoms with Crippen molar-refractivity contribution in [3.8, 4) is 17.0 Å². The van der Waals surface area contributed by atoms with Gasteiger partial charge in [0.25, 0.3) is 5.56 Å². The average molecular weight is 401 g/mol. The topological polar surface area (TPSA) is 89.5 Å². The highest BCUT2D eigenvalue weighted by molar-refractivity contribution is 5.85. The number of nitrogens with zero attached hydrogens (tertiary/aromatic N) is 4. The predicted octanol–water partition coefficient (Wildman–Crippen LogP) is 2.23. The molecule has 0 aliphatic carbocycles. The zero-order valence-corrected chi connectivity index (χ0v) is 15.1. The number of hydrogen-bond acceptors (Lipinski definition) is 5. The molecule has 142 valence electrons. The summed E-state index contributed by atoms with van der Waals surface area (Å²) in [6.07, 6.45) is 7.25. The summed E-state index contributed by atoms with van der Waals surface area (Å²) in [4.78, 5) is 33.1. The molecule has 0 saturated heterocycles. The minimum absolute atomic E-state index is 0. The second-order valence-electron chi connectivity index (χ2n) is 5.93. The van der Waals surface area contributed by atoms with E-state index in [-0.39, 0.29) is 30.0 Å². The molecule has 7 nitrogen and oxygen atoms in total. The van der Waals surface area contributed by atoms with Crippen molar-refractivity contribution in [1.29, 1.82) is 0 Å². The van der Waals surface area contributed by atoms with Crippen molar-refractivity contribution < 1.29 is 9.50 Å². The number of aromatic hydroxyl groups is 1. The maximum absolute atomic E-state index is 13.4. The molecule has 3 heterocycles. The molecule has 3 aromatic heterocycles. The van der Waals surface area contributed by atoms with Gasteiger partial charge in [0.1, 0.15) is 12.1 Å². The summed E-state index contributed by atoms with van der Waals surface area (Å²) in [5, 5.41) is 10.4. The Bertz CT molecular complexity index is 1270. The average Bonchev–Trinajstić information content (AvgIpc) is 2.67. The van der Waals surface area contributed by atoms with Gasteiger partial charge in [-0.25, -0.2) is 14.4 Å². The number of benzene rings is 1. The van der Waals surface area contributed by atoms with Gasteiger partial charge in [0.15, 0.2) is 11.3 Å². The molecule has 1 N–H and O–H groups in total. The minimum Gasteiger partial charge on any atom is -0.503 e. The Labute approximate surface area is 163 Å². The van der Waals surface area contributed by atoms with Crippen LogP contribution in [0.1, 0.15) is 5.56 Å². The van der Waals surface area contributed by atoms with Gasteiger partial charge < -0.3 is 14.1 Å². The van der Waals surface area contributed by atoms with E-state index in [9.17, 15) is 19.1 Å². The number of hydrogen-bond donors (Lipinski definition) is 1. The van der Waals surface area contributed by atoms with Gasteiger partial charge in [-0.1, -0.05) is 12.1 Å². The fourth-order valence-corrected chi connectivity index (χ4v) is 2.89. The van der Waals surface area contributed by atoms with Crippen LogP contribution in [-0.2, 0) is 6.54 Å². The summed E-state index contributed by atoms with van der Waals surface area (Å²) in [6, 6.07) is 7.40. The van der Waals surface area contributed by atoms with E-state index in [1.54, 1.807) is 18.3 Å². The second-order valence-corrected chi connectivity index (χ2v) is 5.93. The smallest absolute Gasteiger partial charge is 0.279 e. The quantitative estimate of drug-likeness (QED) is 0.569. The molecule has 0 fully saturated rings. The molecule has 0 bridgehead atoms. The second kappa shape index (κ2) is 7.61. The molecule has 0 unspecified atom stereocenters. The van der Waals surface area contributed by atoms with Crippen molar-refractivity contribution in [2.24, 2.45) is 0 Å². The van der Waals surface area contributed by atoms with Crippen LogP contribution >= 0.6 is 12.4 Å². The van der Waals surface area contributed by atoms with Crippen LogP contribution in [0.3, 0.4) is 0 Å². The van der Waals surface area contributed by atoms with E-state index < -0.39 is 22.6 Å². The lowest BCUT2D eigenvalue weighted by Crippen LogP contribution is -2.24. The highest BCUT2D eigenvalue weighted by Crippen LogP contribution is 2.18. The number of aromatic nitrogens is 4. The van der Waals surface area contributed by atoms with Crippen molar-refractivity contribution in [3.63, 3.8) is 0 Å². The molecule has 0 amide bonds. The van der Waals surface area contributed by atoms with Crippen LogP contribution < -0.4 is 11.0 Å². The first-order valence-corrected chi connectivity index (χ1v) is 8.03. The Morgan fingerprint density at radius 2 is 1.96 bits per heavy atom. The largest absolute Gasteiger partial charge is 0.503 e. The first-order chi connectivity index (χ1) is 13.0. The van der Waals surface area contributed by atoms with Crippen LogP contribution in [0.5, 0.6) is 5.75 Å². The summed E-state index contributed by atoms with van der Waals surface area (Å²) >= 11 is 0. The van der Waals surface area contributed by atoms with Crippen LogP contribution in [0, 0.1) is 5.82 Å². The van der Waals surface area contributed by atoms with Gasteiger partial charge >= 0.3 is 0 Å². The molecule has 1 aromatic carbocycles. The molecule has 0 radical (unpaired) electrons. The molecule has 4 aromatic rings. The van der Waals surface area contributed by atoms with E-state index in [1.807, 2.05) is 0 Å². The summed E-state index contributed by atoms with van der Waals surface area (Å²) in [5.41, 5.74) is -0.351. The molecule has 0 spiro atoms. The van der Waals surface area contributed by atoms with Crippen molar-refractivity contribution >= 4 is 17.9 Å². The van der Waals surface area contributed by atoms with E-state index in [1.165, 1.54) is 52.1 Å². The maximum Gasteiger partial charge on any atom is 0.279 e. The van der Waals surface area contributed by atoms with Gasteiger partial charge in [0.05, 0.1) is 17.8 Å². The Morgan fingerprint density at radius 1 is 1.14 bits per heavy atom. The number of rotatable bonds is 3. The fourth-order valence-electron chi connectivity index (χ4n) is 2.89. The molecular weight excluding hydrogens is 387 g/mol. The Hall–Kier alpha value is -3.52. The Balaban J connectivity index is 0.00000225. The maximum atomic E-state index is 13.4. The third kappa shape index (κ3) is 3.37. The zero-order chi connectivity index (χ0) is 19.0. The molecule has 9 heteroatoms. The summed E-state index contributed by atoms with van der Waals surface area (Å²) in [7, 11) is 0. The van der Waals surface area contributed by atoms with Crippen LogP contribution in [0.2, 0.25) is 0 Å². The van der Waals surface area contributed by atoms with Gasteiger partial charge in [0, 0.05) is 24.8 Å². The van der Waals surface area contributed by atoms with Gasteiger partial charge in [-0.15, -0.1) is 12.4 Å². The molecule has 0 aliphatic rings.